The summed E-state index contributed by atoms with van der Waals surface area (Å²) < 4.78 is 70.2. The molecule has 6 heterocycles. The summed E-state index contributed by atoms with van der Waals surface area (Å²) in [6.45, 7) is 10.5. The van der Waals surface area contributed by atoms with E-state index in [-0.39, 0.29) is 40.4 Å². The molecule has 0 N–H and O–H groups in total. The summed E-state index contributed by atoms with van der Waals surface area (Å²) in [5.41, 5.74) is 11.0. The number of fused-ring (bicyclic) bond motifs is 5. The molecule has 4 aliphatic heterocycles. The van der Waals surface area contributed by atoms with Gasteiger partial charge in [-0.1, -0.05) is 120 Å². The van der Waals surface area contributed by atoms with Crippen LogP contribution in [-0.2, 0) is 10.8 Å². The van der Waals surface area contributed by atoms with Gasteiger partial charge in [-0.15, -0.1) is 0 Å². The summed E-state index contributed by atoms with van der Waals surface area (Å²) in [7, 11) is 0. The Kier molecular flexibility index (Phi) is 8.36. The summed E-state index contributed by atoms with van der Waals surface area (Å²) in [5, 5.41) is 1.12. The summed E-state index contributed by atoms with van der Waals surface area (Å²) in [6, 6.07) is 54.4. The van der Waals surface area contributed by atoms with Crippen molar-refractivity contribution < 1.29 is 17.7 Å². The van der Waals surface area contributed by atoms with E-state index in [1.807, 2.05) is 93.6 Å². The van der Waals surface area contributed by atoms with Crippen molar-refractivity contribution in [3.63, 3.8) is 0 Å². The highest BCUT2D eigenvalue weighted by molar-refractivity contribution is 6.10. The molecule has 0 fully saturated rings. The molecule has 0 saturated heterocycles. The van der Waals surface area contributed by atoms with E-state index in [9.17, 15) is 4.11 Å². The van der Waals surface area contributed by atoms with Gasteiger partial charge in [0.15, 0.2) is 0 Å². The maximum absolute atomic E-state index is 9.64. The van der Waals surface area contributed by atoms with Crippen molar-refractivity contribution in [1.29, 1.82) is 0 Å². The van der Waals surface area contributed by atoms with Gasteiger partial charge in [0, 0.05) is 55.6 Å². The number of hydrogen-bond acceptors (Lipinski definition) is 5. The number of rotatable bonds is 1. The Morgan fingerprint density at radius 3 is 1.91 bits per heavy atom. The summed E-state index contributed by atoms with van der Waals surface area (Å²) in [4.78, 5) is 9.65. The van der Waals surface area contributed by atoms with Crippen LogP contribution in [0, 0.1) is 6.85 Å². The molecule has 0 unspecified atom stereocenters. The normalized spacial score (nSPS) is 14.7. The van der Waals surface area contributed by atoms with Crippen molar-refractivity contribution in [2.24, 2.45) is 0 Å². The van der Waals surface area contributed by atoms with Crippen LogP contribution in [0.3, 0.4) is 0 Å². The Labute approximate surface area is 413 Å². The number of nitrogens with zero attached hydrogens (tertiary/aromatic N) is 4. The summed E-state index contributed by atoms with van der Waals surface area (Å²) in [5.74, 6) is 2.49. The van der Waals surface area contributed by atoms with Crippen LogP contribution in [-0.4, -0.2) is 16.2 Å². The third-order valence-corrected chi connectivity index (χ3v) is 13.4. The first-order valence-corrected chi connectivity index (χ1v) is 23.5. The highest BCUT2D eigenvalue weighted by Crippen LogP contribution is 2.52. The van der Waals surface area contributed by atoms with Crippen LogP contribution in [0.4, 0.5) is 22.7 Å². The van der Waals surface area contributed by atoms with E-state index in [2.05, 4.69) is 116 Å². The van der Waals surface area contributed by atoms with Crippen molar-refractivity contribution >= 4 is 44.6 Å². The van der Waals surface area contributed by atoms with Crippen LogP contribution in [0.15, 0.2) is 188 Å². The van der Waals surface area contributed by atoms with Crippen LogP contribution in [0.5, 0.6) is 23.0 Å². The van der Waals surface area contributed by atoms with Gasteiger partial charge in [0.05, 0.1) is 32.2 Å². The SMILES string of the molecule is [2H]c1c(C(C)(C)C)c([2H])c2c3ccc4cc3n(c2c1[2H])-c1cc(C([2H])([2H])[2H])c(cn1)-c1ccc(cc1)Oc1cccc(c1)-c1cc(C(C)(C)C)cc(-c2ccccc2)c1N1CN(c2cccc(c2)O4)c2ccccc21. The topological polar surface area (TPSA) is 42.8 Å². The smallest absolute Gasteiger partial charge is 0.137 e. The Morgan fingerprint density at radius 2 is 1.16 bits per heavy atom. The fourth-order valence-electron chi connectivity index (χ4n) is 9.72. The van der Waals surface area contributed by atoms with Gasteiger partial charge in [-0.2, -0.15) is 0 Å². The lowest BCUT2D eigenvalue weighted by Crippen LogP contribution is -2.25. The van der Waals surface area contributed by atoms with E-state index in [0.717, 1.165) is 45.0 Å². The van der Waals surface area contributed by atoms with Crippen molar-refractivity contribution in [2.45, 2.75) is 59.2 Å². The van der Waals surface area contributed by atoms with Crippen molar-refractivity contribution in [3.05, 3.63) is 205 Å². The molecule has 4 aliphatic rings. The molecule has 6 nitrogen and oxygen atoms in total. The first-order chi connectivity index (χ1) is 35.8. The molecule has 8 aromatic carbocycles. The van der Waals surface area contributed by atoms with Gasteiger partial charge < -0.3 is 19.3 Å². The number of pyridine rings is 1. The zero-order chi connectivity index (χ0) is 52.3. The predicted octanol–water partition coefficient (Wildman–Crippen LogP) is 17.2. The van der Waals surface area contributed by atoms with Crippen LogP contribution in [0.1, 0.15) is 66.5 Å². The van der Waals surface area contributed by atoms with Crippen molar-refractivity contribution in [1.82, 2.24) is 9.55 Å². The molecular weight excluding hydrogens is 845 g/mol. The molecule has 0 spiro atoms. The molecular formula is C63H54N4O2. The third-order valence-electron chi connectivity index (χ3n) is 13.4. The number of aromatic nitrogens is 2. The number of hydrogen-bond donors (Lipinski definition) is 0. The van der Waals surface area contributed by atoms with Gasteiger partial charge in [0.1, 0.15) is 35.5 Å². The average molecular weight is 905 g/mol. The second-order valence-corrected chi connectivity index (χ2v) is 20.1. The van der Waals surface area contributed by atoms with E-state index in [1.165, 1.54) is 5.56 Å². The number of aryl methyl sites for hydroxylation is 1. The lowest BCUT2D eigenvalue weighted by Gasteiger charge is -2.30. The minimum atomic E-state index is -2.58. The average Bonchev–Trinajstić information content (AvgIpc) is 3.98. The lowest BCUT2D eigenvalue weighted by atomic mass is 9.82. The Hall–Kier alpha value is -8.09. The molecule has 10 aromatic rings. The van der Waals surface area contributed by atoms with E-state index < -0.39 is 12.3 Å². The fourth-order valence-corrected chi connectivity index (χ4v) is 9.72. The van der Waals surface area contributed by atoms with Crippen LogP contribution in [0.25, 0.3) is 61.0 Å². The minimum absolute atomic E-state index is 0.0541. The summed E-state index contributed by atoms with van der Waals surface area (Å²) >= 11 is 0. The van der Waals surface area contributed by atoms with Gasteiger partial charge >= 0.3 is 0 Å². The second kappa shape index (κ2) is 16.0. The molecule has 0 amide bonds. The van der Waals surface area contributed by atoms with E-state index in [4.69, 9.17) is 18.6 Å². The minimum Gasteiger partial charge on any atom is -0.457 e. The Bertz CT molecular complexity index is 3930. The van der Waals surface area contributed by atoms with E-state index in [1.54, 1.807) is 16.8 Å². The lowest BCUT2D eigenvalue weighted by molar-refractivity contribution is 0.483. The van der Waals surface area contributed by atoms with E-state index in [0.29, 0.717) is 62.6 Å². The maximum atomic E-state index is 9.64. The quantitative estimate of drug-likeness (QED) is 0.164. The molecule has 69 heavy (non-hydrogen) atoms. The van der Waals surface area contributed by atoms with Gasteiger partial charge in [-0.05, 0) is 142 Å². The monoisotopic (exact) mass is 904 g/mol. The third kappa shape index (κ3) is 7.48. The number of benzene rings is 8. The first kappa shape index (κ1) is 36.0. The fraction of sp³-hybridized carbons (Fsp3) is 0.159. The molecule has 6 heteroatoms. The van der Waals surface area contributed by atoms with Gasteiger partial charge in [0.25, 0.3) is 0 Å². The Morgan fingerprint density at radius 1 is 0.522 bits per heavy atom. The number of ether oxygens (including phenoxy) is 2. The second-order valence-electron chi connectivity index (χ2n) is 20.1. The largest absolute Gasteiger partial charge is 0.457 e. The predicted molar refractivity (Wildman–Crippen MR) is 286 cm³/mol. The Balaban J connectivity index is 1.11. The molecule has 2 aromatic heterocycles. The first-order valence-electron chi connectivity index (χ1n) is 26.5. The van der Waals surface area contributed by atoms with Gasteiger partial charge in [0.2, 0.25) is 0 Å². The summed E-state index contributed by atoms with van der Waals surface area (Å²) in [6.07, 6.45) is 1.56. The van der Waals surface area contributed by atoms with Gasteiger partial charge in [-0.25, -0.2) is 4.98 Å². The van der Waals surface area contributed by atoms with E-state index >= 15 is 0 Å². The van der Waals surface area contributed by atoms with Gasteiger partial charge in [-0.3, -0.25) is 4.57 Å². The molecule has 338 valence electrons. The molecule has 0 radical (unpaired) electrons. The maximum Gasteiger partial charge on any atom is 0.137 e. The number of para-hydroxylation sites is 2. The molecule has 12 bridgehead atoms. The highest BCUT2D eigenvalue weighted by Gasteiger charge is 2.33. The zero-order valence-electron chi connectivity index (χ0n) is 45.5. The van der Waals surface area contributed by atoms with Crippen LogP contribution >= 0.6 is 0 Å². The molecule has 0 aliphatic carbocycles. The van der Waals surface area contributed by atoms with Crippen LogP contribution in [0.2, 0.25) is 0 Å². The van der Waals surface area contributed by atoms with Crippen LogP contribution < -0.4 is 19.3 Å². The molecule has 0 atom stereocenters. The van der Waals surface area contributed by atoms with Crippen molar-refractivity contribution in [2.75, 3.05) is 16.5 Å². The zero-order valence-corrected chi connectivity index (χ0v) is 39.5. The number of anilines is 4. The van der Waals surface area contributed by atoms with Crippen molar-refractivity contribution in [3.8, 4) is 62.2 Å². The molecule has 0 saturated carbocycles. The molecule has 14 rings (SSSR count). The standard InChI is InChI=1S/C63H54N4O2/c1-40-31-60-64-38-55(40)42-23-26-47(27-24-42)68-48-19-13-17-43(32-48)53-35-45(63(5,6)7)34-52(41-15-9-8-10-16-41)61(53)66-39-65(57-21-11-12-22-58(57)66)46-18-14-20-49(36-46)69-50-28-29-51-54-33-44(62(2,3)4)25-30-56(54)67(60)59(51)37-50/h8-38H,39H2,1-7H3/i1D3,25D,30D,33D. The highest BCUT2D eigenvalue weighted by atomic mass is 16.5.